The second-order valence-electron chi connectivity index (χ2n) is 4.45. The fraction of sp³-hybridized carbons (Fsp3) is 0.0769. The molecule has 1 aromatic heterocycles. The Hall–Kier alpha value is -3.16. The number of hydrogen-bond acceptors (Lipinski definition) is 5. The van der Waals surface area contributed by atoms with Gasteiger partial charge in [0.15, 0.2) is 5.69 Å². The highest BCUT2D eigenvalue weighted by atomic mass is 16.6. The Labute approximate surface area is 119 Å². The molecule has 1 aliphatic rings. The van der Waals surface area contributed by atoms with Gasteiger partial charge in [0.2, 0.25) is 0 Å². The molecule has 0 aliphatic carbocycles. The van der Waals surface area contributed by atoms with E-state index in [4.69, 9.17) is 5.73 Å². The summed E-state index contributed by atoms with van der Waals surface area (Å²) < 4.78 is 1.66. The van der Waals surface area contributed by atoms with Crippen LogP contribution in [0.2, 0.25) is 0 Å². The minimum Gasteiger partial charge on any atom is -0.366 e. The Balaban J connectivity index is 2.09. The molecular formula is C13H11N5O3. The van der Waals surface area contributed by atoms with Crippen molar-refractivity contribution in [1.29, 1.82) is 0 Å². The van der Waals surface area contributed by atoms with E-state index in [0.717, 1.165) is 0 Å². The van der Waals surface area contributed by atoms with Gasteiger partial charge in [-0.05, 0) is 6.08 Å². The number of carbonyl (C=O) groups excluding carboxylic acids is 1. The zero-order chi connectivity index (χ0) is 15.0. The summed E-state index contributed by atoms with van der Waals surface area (Å²) in [5, 5.41) is 13.9. The number of benzene rings is 1. The van der Waals surface area contributed by atoms with Crippen LogP contribution in [0.1, 0.15) is 16.1 Å². The molecule has 0 spiro atoms. The largest absolute Gasteiger partial charge is 0.366 e. The molecule has 21 heavy (non-hydrogen) atoms. The summed E-state index contributed by atoms with van der Waals surface area (Å²) in [7, 11) is 0. The van der Waals surface area contributed by atoms with Crippen LogP contribution in [0.5, 0.6) is 0 Å². The van der Waals surface area contributed by atoms with Crippen LogP contribution in [-0.2, 0) is 0 Å². The molecule has 1 amide bonds. The number of nitro groups is 1. The second kappa shape index (κ2) is 4.75. The summed E-state index contributed by atoms with van der Waals surface area (Å²) in [6, 6.07) is 6.28. The standard InChI is InChI=1S/C13H11N5O3/c14-12(19)11-13-15-5-4-10(17(13)7-16-11)8-2-1-3-9(6-8)18(20)21/h1-4,6-7,15H,5H2,(H2,14,19). The van der Waals surface area contributed by atoms with Crippen molar-refractivity contribution in [3.8, 4) is 0 Å². The average Bonchev–Trinajstić information content (AvgIpc) is 2.91. The fourth-order valence-electron chi connectivity index (χ4n) is 2.26. The van der Waals surface area contributed by atoms with E-state index in [9.17, 15) is 14.9 Å². The number of carbonyl (C=O) groups is 1. The van der Waals surface area contributed by atoms with Crippen LogP contribution >= 0.6 is 0 Å². The number of aromatic nitrogens is 2. The number of nitro benzene ring substituents is 1. The van der Waals surface area contributed by atoms with E-state index in [2.05, 4.69) is 10.3 Å². The molecule has 3 rings (SSSR count). The molecule has 0 saturated heterocycles. The number of imidazole rings is 1. The van der Waals surface area contributed by atoms with Crippen LogP contribution < -0.4 is 11.1 Å². The lowest BCUT2D eigenvalue weighted by atomic mass is 10.1. The third kappa shape index (κ3) is 2.12. The van der Waals surface area contributed by atoms with Crippen molar-refractivity contribution < 1.29 is 9.72 Å². The first kappa shape index (κ1) is 12.9. The Bertz CT molecular complexity index is 778. The van der Waals surface area contributed by atoms with Crippen molar-refractivity contribution in [2.24, 2.45) is 5.73 Å². The number of fused-ring (bicyclic) bond motifs is 1. The average molecular weight is 285 g/mol. The van der Waals surface area contributed by atoms with E-state index in [1.54, 1.807) is 16.7 Å². The Kier molecular flexibility index (Phi) is 2.90. The zero-order valence-electron chi connectivity index (χ0n) is 10.8. The number of nitrogens with one attached hydrogen (secondary N) is 1. The number of rotatable bonds is 3. The molecule has 0 bridgehead atoms. The first-order valence-corrected chi connectivity index (χ1v) is 6.14. The molecule has 1 aliphatic heterocycles. The van der Waals surface area contributed by atoms with Crippen molar-refractivity contribution in [3.63, 3.8) is 0 Å². The van der Waals surface area contributed by atoms with Crippen LogP contribution in [0.4, 0.5) is 11.5 Å². The number of non-ortho nitro benzene ring substituents is 1. The predicted molar refractivity (Wildman–Crippen MR) is 75.7 cm³/mol. The van der Waals surface area contributed by atoms with Gasteiger partial charge in [-0.2, -0.15) is 0 Å². The van der Waals surface area contributed by atoms with Crippen molar-refractivity contribution in [1.82, 2.24) is 9.55 Å². The molecule has 2 heterocycles. The molecule has 2 aromatic rings. The molecule has 3 N–H and O–H groups in total. The number of nitrogens with zero attached hydrogens (tertiary/aromatic N) is 3. The lowest BCUT2D eigenvalue weighted by Gasteiger charge is -2.19. The van der Waals surface area contributed by atoms with E-state index in [-0.39, 0.29) is 11.4 Å². The van der Waals surface area contributed by atoms with E-state index < -0.39 is 10.8 Å². The van der Waals surface area contributed by atoms with Crippen molar-refractivity contribution in [2.75, 3.05) is 11.9 Å². The maximum absolute atomic E-state index is 11.3. The zero-order valence-corrected chi connectivity index (χ0v) is 10.8. The third-order valence-electron chi connectivity index (χ3n) is 3.18. The first-order valence-electron chi connectivity index (χ1n) is 6.14. The molecule has 0 atom stereocenters. The maximum atomic E-state index is 11.3. The fourth-order valence-corrected chi connectivity index (χ4v) is 2.26. The summed E-state index contributed by atoms with van der Waals surface area (Å²) in [5.74, 6) is -0.136. The smallest absolute Gasteiger partial charge is 0.271 e. The second-order valence-corrected chi connectivity index (χ2v) is 4.45. The van der Waals surface area contributed by atoms with Crippen LogP contribution in [0.25, 0.3) is 5.70 Å². The molecule has 0 unspecified atom stereocenters. The van der Waals surface area contributed by atoms with Crippen molar-refractivity contribution in [3.05, 3.63) is 58.0 Å². The lowest BCUT2D eigenvalue weighted by molar-refractivity contribution is -0.384. The molecule has 8 nitrogen and oxygen atoms in total. The van der Waals surface area contributed by atoms with Crippen LogP contribution in [0.15, 0.2) is 36.7 Å². The van der Waals surface area contributed by atoms with Crippen LogP contribution in [0.3, 0.4) is 0 Å². The topological polar surface area (TPSA) is 116 Å². The highest BCUT2D eigenvalue weighted by Gasteiger charge is 2.21. The Morgan fingerprint density at radius 1 is 1.48 bits per heavy atom. The van der Waals surface area contributed by atoms with Crippen LogP contribution in [-0.4, -0.2) is 26.9 Å². The summed E-state index contributed by atoms with van der Waals surface area (Å²) >= 11 is 0. The highest BCUT2D eigenvalue weighted by Crippen LogP contribution is 2.28. The monoisotopic (exact) mass is 285 g/mol. The summed E-state index contributed by atoms with van der Waals surface area (Å²) in [6.07, 6.45) is 3.32. The van der Waals surface area contributed by atoms with E-state index in [1.807, 2.05) is 6.08 Å². The predicted octanol–water partition coefficient (Wildman–Crippen LogP) is 1.20. The molecule has 0 fully saturated rings. The lowest BCUT2D eigenvalue weighted by Crippen LogP contribution is -2.19. The van der Waals surface area contributed by atoms with Gasteiger partial charge in [0.25, 0.3) is 11.6 Å². The molecule has 1 aromatic carbocycles. The molecule has 106 valence electrons. The van der Waals surface area contributed by atoms with E-state index >= 15 is 0 Å². The Morgan fingerprint density at radius 3 is 3.00 bits per heavy atom. The van der Waals surface area contributed by atoms with Gasteiger partial charge in [-0.1, -0.05) is 12.1 Å². The minimum absolute atomic E-state index is 0.00345. The van der Waals surface area contributed by atoms with Gasteiger partial charge in [-0.25, -0.2) is 4.98 Å². The number of nitrogens with two attached hydrogens (primary N) is 1. The highest BCUT2D eigenvalue weighted by molar-refractivity contribution is 5.97. The van der Waals surface area contributed by atoms with E-state index in [0.29, 0.717) is 23.6 Å². The molecule has 0 saturated carbocycles. The first-order chi connectivity index (χ1) is 10.1. The van der Waals surface area contributed by atoms with E-state index in [1.165, 1.54) is 18.5 Å². The Morgan fingerprint density at radius 2 is 2.29 bits per heavy atom. The summed E-state index contributed by atoms with van der Waals surface area (Å²) in [5.41, 5.74) is 6.80. The number of amides is 1. The summed E-state index contributed by atoms with van der Waals surface area (Å²) in [6.45, 7) is 0.476. The van der Waals surface area contributed by atoms with Gasteiger partial charge >= 0.3 is 0 Å². The molecular weight excluding hydrogens is 274 g/mol. The van der Waals surface area contributed by atoms with Crippen molar-refractivity contribution in [2.45, 2.75) is 0 Å². The van der Waals surface area contributed by atoms with Gasteiger partial charge in [-0.3, -0.25) is 19.5 Å². The molecule has 0 radical (unpaired) electrons. The number of anilines is 1. The van der Waals surface area contributed by atoms with Gasteiger partial charge in [-0.15, -0.1) is 0 Å². The minimum atomic E-state index is -0.628. The number of primary amides is 1. The van der Waals surface area contributed by atoms with Gasteiger partial charge < -0.3 is 11.1 Å². The third-order valence-corrected chi connectivity index (χ3v) is 3.18. The normalized spacial score (nSPS) is 13.0. The summed E-state index contributed by atoms with van der Waals surface area (Å²) in [4.78, 5) is 25.7. The van der Waals surface area contributed by atoms with Crippen molar-refractivity contribution >= 4 is 23.1 Å². The van der Waals surface area contributed by atoms with Gasteiger partial charge in [0.05, 0.1) is 10.6 Å². The maximum Gasteiger partial charge on any atom is 0.271 e. The number of hydrogen-bond donors (Lipinski definition) is 2. The quantitative estimate of drug-likeness (QED) is 0.649. The molecule has 8 heteroatoms. The SMILES string of the molecule is NC(=O)c1ncn2c1NCC=C2c1cccc([N+](=O)[O-])c1. The van der Waals surface area contributed by atoms with Gasteiger partial charge in [0, 0.05) is 24.2 Å². The van der Waals surface area contributed by atoms with Crippen LogP contribution in [0, 0.1) is 10.1 Å². The van der Waals surface area contributed by atoms with Gasteiger partial charge in [0.1, 0.15) is 12.1 Å².